The average Bonchev–Trinajstić information content (AvgIpc) is 3.08. The number of halogens is 1. The number of nitrogens with zero attached hydrogens (tertiary/aromatic N) is 1. The Labute approximate surface area is 304 Å². The van der Waals surface area contributed by atoms with Crippen LogP contribution in [0, 0.1) is 0 Å². The molecule has 0 saturated carbocycles. The van der Waals surface area contributed by atoms with Crippen molar-refractivity contribution >= 4 is 51.5 Å². The number of allylic oxidation sites excluding steroid dienone is 2. The minimum atomic E-state index is -0.299. The number of aryl methyl sites for hydroxylation is 1. The van der Waals surface area contributed by atoms with E-state index in [2.05, 4.69) is 48.6 Å². The van der Waals surface area contributed by atoms with Crippen LogP contribution in [0.3, 0.4) is 0 Å². The minimum Gasteiger partial charge on any atom is -0.461 e. The van der Waals surface area contributed by atoms with E-state index in [1.54, 1.807) is 0 Å². The second-order valence-corrected chi connectivity index (χ2v) is 14.2. The Bertz CT molecular complexity index is 998. The van der Waals surface area contributed by atoms with Gasteiger partial charge in [0.05, 0.1) is 5.56 Å². The van der Waals surface area contributed by atoms with Gasteiger partial charge < -0.3 is 14.4 Å². The van der Waals surface area contributed by atoms with E-state index in [4.69, 9.17) is 9.47 Å². The van der Waals surface area contributed by atoms with Crippen molar-refractivity contribution in [3.05, 3.63) is 59.7 Å². The number of carbonyl (C=O) groups excluding carboxylic acids is 3. The summed E-state index contributed by atoms with van der Waals surface area (Å²) in [5, 5.41) is 0.160. The summed E-state index contributed by atoms with van der Waals surface area (Å²) in [4.78, 5) is 39.2. The van der Waals surface area contributed by atoms with E-state index in [0.717, 1.165) is 86.6 Å². The number of unbranched alkanes of at least 4 members (excludes halogenated alkanes) is 12. The Morgan fingerprint density at radius 1 is 0.702 bits per heavy atom. The lowest BCUT2D eigenvalue weighted by Gasteiger charge is -2.22. The van der Waals surface area contributed by atoms with Crippen LogP contribution >= 0.6 is 34.4 Å². The molecule has 0 aliphatic heterocycles. The molecule has 0 radical (unpaired) electrons. The molecule has 0 aromatic heterocycles. The third-order valence-electron chi connectivity index (χ3n) is 7.89. The number of thioether (sulfide) groups is 1. The SMILES string of the molecule is CCCCCC/C=C\COC(=O)CCCCCCCN(CCCc1ccc(C(=O)OC/C=C\CCCCCC)cc1)C(=O)SCCI. The van der Waals surface area contributed by atoms with Gasteiger partial charge in [-0.15, -0.1) is 0 Å². The Kier molecular flexibility index (Phi) is 28.9. The van der Waals surface area contributed by atoms with Gasteiger partial charge in [-0.2, -0.15) is 0 Å². The fraction of sp³-hybridized carbons (Fsp3) is 0.667. The van der Waals surface area contributed by atoms with Crippen LogP contribution in [-0.2, 0) is 20.7 Å². The lowest BCUT2D eigenvalue weighted by Crippen LogP contribution is -2.30. The molecule has 0 fully saturated rings. The van der Waals surface area contributed by atoms with E-state index in [1.807, 2.05) is 41.3 Å². The second kappa shape index (κ2) is 31.5. The van der Waals surface area contributed by atoms with Crippen LogP contribution in [0.25, 0.3) is 0 Å². The molecule has 0 N–H and O–H groups in total. The maximum absolute atomic E-state index is 12.9. The van der Waals surface area contributed by atoms with Crippen LogP contribution < -0.4 is 0 Å². The Morgan fingerprint density at radius 2 is 1.28 bits per heavy atom. The fourth-order valence-corrected chi connectivity index (χ4v) is 6.34. The predicted octanol–water partition coefficient (Wildman–Crippen LogP) is 11.3. The fourth-order valence-electron chi connectivity index (χ4n) is 5.07. The third kappa shape index (κ3) is 24.9. The monoisotopic (exact) mass is 783 g/mol. The molecule has 1 rings (SSSR count). The largest absolute Gasteiger partial charge is 0.461 e. The molecule has 0 aliphatic carbocycles. The van der Waals surface area contributed by atoms with E-state index in [9.17, 15) is 14.4 Å². The molecule has 1 aromatic carbocycles. The molecule has 0 bridgehead atoms. The number of ether oxygens (including phenoxy) is 2. The van der Waals surface area contributed by atoms with Crippen LogP contribution in [0.1, 0.15) is 139 Å². The Balaban J connectivity index is 2.28. The smallest absolute Gasteiger partial charge is 0.338 e. The zero-order chi connectivity index (χ0) is 34.2. The summed E-state index contributed by atoms with van der Waals surface area (Å²) in [6, 6.07) is 7.63. The summed E-state index contributed by atoms with van der Waals surface area (Å²) < 4.78 is 11.6. The van der Waals surface area contributed by atoms with Crippen molar-refractivity contribution in [1.29, 1.82) is 0 Å². The molecule has 0 heterocycles. The summed E-state index contributed by atoms with van der Waals surface area (Å²) in [7, 11) is 0. The molecular formula is C39H62INO5S. The molecule has 0 atom stereocenters. The van der Waals surface area contributed by atoms with Crippen molar-refractivity contribution in [3.63, 3.8) is 0 Å². The Hall–Kier alpha value is -1.81. The molecule has 6 nitrogen and oxygen atoms in total. The number of amides is 1. The molecule has 47 heavy (non-hydrogen) atoms. The lowest BCUT2D eigenvalue weighted by atomic mass is 10.1. The van der Waals surface area contributed by atoms with Gasteiger partial charge in [0.15, 0.2) is 0 Å². The first-order chi connectivity index (χ1) is 23.0. The van der Waals surface area contributed by atoms with Crippen molar-refractivity contribution in [2.75, 3.05) is 36.5 Å². The normalized spacial score (nSPS) is 11.4. The number of alkyl halides is 1. The molecule has 1 amide bonds. The molecule has 0 spiro atoms. The summed E-state index contributed by atoms with van der Waals surface area (Å²) in [6.45, 7) is 6.59. The number of rotatable bonds is 29. The zero-order valence-corrected chi connectivity index (χ0v) is 32.3. The number of hydrogen-bond donors (Lipinski definition) is 0. The van der Waals surface area contributed by atoms with Gasteiger partial charge in [-0.25, -0.2) is 4.79 Å². The van der Waals surface area contributed by atoms with Gasteiger partial charge in [0.1, 0.15) is 13.2 Å². The lowest BCUT2D eigenvalue weighted by molar-refractivity contribution is -0.142. The number of carbonyl (C=O) groups is 3. The standard InChI is InChI=1S/C39H62INO5S/c1-3-5-7-9-11-16-20-32-45-37(42)24-18-14-13-15-19-30-41(39(44)47-34-29-40)31-22-23-35-25-27-36(28-26-35)38(43)46-33-21-17-12-10-8-6-4-2/h16-17,20-21,25-28H,3-15,18-19,22-24,29-34H2,1-2H3/b20-16-,21-17-. The molecule has 266 valence electrons. The van der Waals surface area contributed by atoms with Gasteiger partial charge in [-0.05, 0) is 69.1 Å². The Morgan fingerprint density at radius 3 is 1.91 bits per heavy atom. The molecular weight excluding hydrogens is 721 g/mol. The van der Waals surface area contributed by atoms with Crippen molar-refractivity contribution in [1.82, 2.24) is 4.90 Å². The number of hydrogen-bond acceptors (Lipinski definition) is 6. The van der Waals surface area contributed by atoms with E-state index >= 15 is 0 Å². The van der Waals surface area contributed by atoms with Crippen molar-refractivity contribution < 1.29 is 23.9 Å². The highest BCUT2D eigenvalue weighted by Crippen LogP contribution is 2.15. The summed E-state index contributed by atoms with van der Waals surface area (Å²) >= 11 is 3.71. The first-order valence-corrected chi connectivity index (χ1v) is 20.7. The first-order valence-electron chi connectivity index (χ1n) is 18.2. The van der Waals surface area contributed by atoms with Crippen LogP contribution in [0.4, 0.5) is 4.79 Å². The second-order valence-electron chi connectivity index (χ2n) is 12.0. The molecule has 0 unspecified atom stereocenters. The van der Waals surface area contributed by atoms with Gasteiger partial charge in [0.2, 0.25) is 0 Å². The van der Waals surface area contributed by atoms with Crippen LogP contribution in [0.15, 0.2) is 48.6 Å². The molecule has 0 aliphatic rings. The van der Waals surface area contributed by atoms with Crippen molar-refractivity contribution in [2.45, 2.75) is 129 Å². The third-order valence-corrected chi connectivity index (χ3v) is 10.1. The number of benzene rings is 1. The molecule has 8 heteroatoms. The predicted molar refractivity (Wildman–Crippen MR) is 208 cm³/mol. The molecule has 1 aromatic rings. The van der Waals surface area contributed by atoms with Gasteiger partial charge >= 0.3 is 11.9 Å². The summed E-state index contributed by atoms with van der Waals surface area (Å²) in [5.41, 5.74) is 1.72. The number of esters is 2. The zero-order valence-electron chi connectivity index (χ0n) is 29.4. The van der Waals surface area contributed by atoms with E-state index in [0.29, 0.717) is 25.2 Å². The highest BCUT2D eigenvalue weighted by molar-refractivity contribution is 14.1. The van der Waals surface area contributed by atoms with Crippen LogP contribution in [0.5, 0.6) is 0 Å². The molecule has 0 saturated heterocycles. The maximum Gasteiger partial charge on any atom is 0.338 e. The maximum atomic E-state index is 12.9. The highest BCUT2D eigenvalue weighted by Gasteiger charge is 2.14. The summed E-state index contributed by atoms with van der Waals surface area (Å²) in [6.07, 6.45) is 27.2. The van der Waals surface area contributed by atoms with Crippen LogP contribution in [-0.4, -0.2) is 58.6 Å². The minimum absolute atomic E-state index is 0.115. The van der Waals surface area contributed by atoms with Crippen LogP contribution in [0.2, 0.25) is 0 Å². The van der Waals surface area contributed by atoms with Gasteiger partial charge in [0, 0.05) is 29.7 Å². The quantitative estimate of drug-likeness (QED) is 0.0265. The summed E-state index contributed by atoms with van der Waals surface area (Å²) in [5.74, 6) is 0.412. The van der Waals surface area contributed by atoms with Gasteiger partial charge in [-0.3, -0.25) is 9.59 Å². The van der Waals surface area contributed by atoms with E-state index < -0.39 is 0 Å². The first kappa shape index (κ1) is 43.2. The van der Waals surface area contributed by atoms with E-state index in [-0.39, 0.29) is 17.2 Å². The van der Waals surface area contributed by atoms with Crippen molar-refractivity contribution in [3.8, 4) is 0 Å². The van der Waals surface area contributed by atoms with Gasteiger partial charge in [-0.1, -0.05) is 142 Å². The van der Waals surface area contributed by atoms with E-state index in [1.165, 1.54) is 63.1 Å². The van der Waals surface area contributed by atoms with Gasteiger partial charge in [0.25, 0.3) is 5.24 Å². The topological polar surface area (TPSA) is 72.9 Å². The average molecular weight is 784 g/mol. The van der Waals surface area contributed by atoms with Crippen molar-refractivity contribution in [2.24, 2.45) is 0 Å². The highest BCUT2D eigenvalue weighted by atomic mass is 127.